The van der Waals surface area contributed by atoms with Crippen LogP contribution in [-0.4, -0.2) is 60.2 Å². The third kappa shape index (κ3) is 6.20. The Hall–Kier alpha value is -4.51. The maximum atomic E-state index is 14.3. The molecule has 11 nitrogen and oxygen atoms in total. The van der Waals surface area contributed by atoms with Gasteiger partial charge in [0.15, 0.2) is 0 Å². The lowest BCUT2D eigenvalue weighted by molar-refractivity contribution is -0.00177. The van der Waals surface area contributed by atoms with Gasteiger partial charge in [0.1, 0.15) is 12.2 Å². The first kappa shape index (κ1) is 29.0. The SMILES string of the molecule is CC(C)(O)[C@H](F)CNC(=O)c1cnc(-c2ccc3cc(C#N)cnn23)cc1NC1CCC(c2nnc(C(F)F)o2)CC1. The standard InChI is InChI=1S/C28H29F3N8O3/c1-28(2,41)23(29)14-34-25(40)19-13-33-21(22-8-7-18-9-15(11-32)12-35-39(18)22)10-20(19)36-17-5-3-16(4-6-17)26-37-38-27(42-26)24(30)31/h7-10,12-13,16-17,23-24,41H,3-6,14H2,1-2H3,(H,33,36)(H,34,40)/t16?,17?,23-/m1/s1. The van der Waals surface area contributed by atoms with E-state index in [0.29, 0.717) is 53.8 Å². The van der Waals surface area contributed by atoms with Crippen molar-refractivity contribution in [3.8, 4) is 17.5 Å². The molecule has 1 atom stereocenters. The van der Waals surface area contributed by atoms with Crippen LogP contribution in [0.3, 0.4) is 0 Å². The van der Waals surface area contributed by atoms with Gasteiger partial charge in [-0.2, -0.15) is 19.1 Å². The Morgan fingerprint density at radius 3 is 2.62 bits per heavy atom. The van der Waals surface area contributed by atoms with Gasteiger partial charge < -0.3 is 20.2 Å². The summed E-state index contributed by atoms with van der Waals surface area (Å²) in [7, 11) is 0. The van der Waals surface area contributed by atoms with Gasteiger partial charge in [0.05, 0.1) is 52.1 Å². The van der Waals surface area contributed by atoms with Crippen molar-refractivity contribution in [2.75, 3.05) is 11.9 Å². The summed E-state index contributed by atoms with van der Waals surface area (Å²) in [6, 6.07) is 8.98. The summed E-state index contributed by atoms with van der Waals surface area (Å²) in [6.45, 7) is 2.25. The van der Waals surface area contributed by atoms with E-state index in [1.165, 1.54) is 26.2 Å². The molecule has 1 fully saturated rings. The van der Waals surface area contributed by atoms with Crippen molar-refractivity contribution in [2.24, 2.45) is 0 Å². The Labute approximate surface area is 238 Å². The highest BCUT2D eigenvalue weighted by Gasteiger charge is 2.30. The summed E-state index contributed by atoms with van der Waals surface area (Å²) in [5.41, 5.74) is 1.25. The predicted molar refractivity (Wildman–Crippen MR) is 145 cm³/mol. The van der Waals surface area contributed by atoms with Crippen molar-refractivity contribution in [3.63, 3.8) is 0 Å². The van der Waals surface area contributed by atoms with Crippen molar-refractivity contribution in [1.29, 1.82) is 5.26 Å². The number of rotatable bonds is 9. The molecule has 0 spiro atoms. The fourth-order valence-corrected chi connectivity index (χ4v) is 4.88. The molecule has 5 rings (SSSR count). The van der Waals surface area contributed by atoms with Crippen molar-refractivity contribution in [2.45, 2.75) is 69.7 Å². The number of nitrogens with zero attached hydrogens (tertiary/aromatic N) is 6. The van der Waals surface area contributed by atoms with Crippen LogP contribution in [0.5, 0.6) is 0 Å². The fraction of sp³-hybridized carbons (Fsp3) is 0.429. The highest BCUT2D eigenvalue weighted by molar-refractivity contribution is 6.00. The second-order valence-electron chi connectivity index (χ2n) is 10.8. The van der Waals surface area contributed by atoms with E-state index in [0.717, 1.165) is 0 Å². The van der Waals surface area contributed by atoms with Gasteiger partial charge >= 0.3 is 6.43 Å². The van der Waals surface area contributed by atoms with E-state index < -0.39 is 36.5 Å². The van der Waals surface area contributed by atoms with E-state index in [2.05, 4.69) is 37.0 Å². The van der Waals surface area contributed by atoms with Crippen LogP contribution < -0.4 is 10.6 Å². The highest BCUT2D eigenvalue weighted by Crippen LogP contribution is 2.35. The number of amides is 1. The summed E-state index contributed by atoms with van der Waals surface area (Å²) in [6.07, 6.45) is 0.792. The quantitative estimate of drug-likeness (QED) is 0.258. The molecular formula is C28H29F3N8O3. The van der Waals surface area contributed by atoms with Crippen molar-refractivity contribution in [1.82, 2.24) is 30.1 Å². The monoisotopic (exact) mass is 582 g/mol. The number of alkyl halides is 3. The molecule has 1 saturated carbocycles. The number of carbonyl (C=O) groups excluding carboxylic acids is 1. The molecule has 1 aliphatic rings. The molecule has 0 bridgehead atoms. The number of carbonyl (C=O) groups is 1. The molecule has 0 aromatic carbocycles. The van der Waals surface area contributed by atoms with E-state index in [1.54, 1.807) is 28.8 Å². The molecule has 42 heavy (non-hydrogen) atoms. The maximum absolute atomic E-state index is 14.3. The lowest BCUT2D eigenvalue weighted by Gasteiger charge is -2.29. The van der Waals surface area contributed by atoms with Gasteiger partial charge in [-0.05, 0) is 63.8 Å². The molecule has 3 N–H and O–H groups in total. The molecule has 220 valence electrons. The minimum Gasteiger partial charge on any atom is -0.419 e. The van der Waals surface area contributed by atoms with E-state index in [1.807, 2.05) is 0 Å². The number of nitriles is 1. The second kappa shape index (κ2) is 11.8. The largest absolute Gasteiger partial charge is 0.419 e. The molecule has 1 aliphatic carbocycles. The molecule has 0 radical (unpaired) electrons. The van der Waals surface area contributed by atoms with Crippen LogP contribution in [0.25, 0.3) is 16.9 Å². The zero-order valence-corrected chi connectivity index (χ0v) is 22.9. The van der Waals surface area contributed by atoms with Crippen LogP contribution in [0, 0.1) is 11.3 Å². The third-order valence-corrected chi connectivity index (χ3v) is 7.33. The summed E-state index contributed by atoms with van der Waals surface area (Å²) in [5.74, 6) is -1.23. The Kier molecular flexibility index (Phi) is 8.13. The first-order valence-corrected chi connectivity index (χ1v) is 13.4. The number of anilines is 1. The number of halogens is 3. The first-order valence-electron chi connectivity index (χ1n) is 13.4. The van der Waals surface area contributed by atoms with Crippen LogP contribution in [0.15, 0.2) is 41.1 Å². The number of nitrogens with one attached hydrogen (secondary N) is 2. The Morgan fingerprint density at radius 1 is 1.19 bits per heavy atom. The van der Waals surface area contributed by atoms with Crippen LogP contribution in [0.1, 0.15) is 79.6 Å². The summed E-state index contributed by atoms with van der Waals surface area (Å²) >= 11 is 0. The number of fused-ring (bicyclic) bond motifs is 1. The molecule has 1 amide bonds. The van der Waals surface area contributed by atoms with Crippen LogP contribution in [-0.2, 0) is 0 Å². The zero-order chi connectivity index (χ0) is 30.0. The van der Waals surface area contributed by atoms with Crippen molar-refractivity contribution in [3.05, 3.63) is 59.6 Å². The number of aliphatic hydroxyl groups is 1. The normalized spacial score (nSPS) is 18.1. The van der Waals surface area contributed by atoms with Gasteiger partial charge in [0.2, 0.25) is 5.89 Å². The van der Waals surface area contributed by atoms with E-state index >= 15 is 0 Å². The molecule has 14 heteroatoms. The molecule has 4 aromatic rings. The molecular weight excluding hydrogens is 553 g/mol. The van der Waals surface area contributed by atoms with Gasteiger partial charge in [-0.3, -0.25) is 9.78 Å². The number of pyridine rings is 1. The third-order valence-electron chi connectivity index (χ3n) is 7.33. The topological polar surface area (TPSA) is 154 Å². The Balaban J connectivity index is 1.38. The van der Waals surface area contributed by atoms with Gasteiger partial charge in [-0.15, -0.1) is 10.2 Å². The Bertz CT molecular complexity index is 1620. The van der Waals surface area contributed by atoms with Gasteiger partial charge in [0.25, 0.3) is 11.8 Å². The van der Waals surface area contributed by atoms with Crippen LogP contribution in [0.2, 0.25) is 0 Å². The summed E-state index contributed by atoms with van der Waals surface area (Å²) < 4.78 is 46.9. The van der Waals surface area contributed by atoms with E-state index in [4.69, 9.17) is 4.42 Å². The number of hydrogen-bond donors (Lipinski definition) is 3. The average Bonchev–Trinajstić information content (AvgIpc) is 3.63. The minimum atomic E-state index is -2.83. The van der Waals surface area contributed by atoms with Crippen LogP contribution >= 0.6 is 0 Å². The smallest absolute Gasteiger partial charge is 0.314 e. The molecule has 0 unspecified atom stereocenters. The summed E-state index contributed by atoms with van der Waals surface area (Å²) in [5, 5.41) is 36.6. The van der Waals surface area contributed by atoms with Crippen molar-refractivity contribution < 1.29 is 27.5 Å². The summed E-state index contributed by atoms with van der Waals surface area (Å²) in [4.78, 5) is 17.6. The lowest BCUT2D eigenvalue weighted by Crippen LogP contribution is -2.42. The fourth-order valence-electron chi connectivity index (χ4n) is 4.88. The van der Waals surface area contributed by atoms with E-state index in [-0.39, 0.29) is 23.4 Å². The van der Waals surface area contributed by atoms with Crippen molar-refractivity contribution >= 4 is 17.1 Å². The minimum absolute atomic E-state index is 0.0776. The second-order valence-corrected chi connectivity index (χ2v) is 10.8. The molecule has 4 heterocycles. The average molecular weight is 583 g/mol. The molecule has 0 aliphatic heterocycles. The number of hydrogen-bond acceptors (Lipinski definition) is 9. The Morgan fingerprint density at radius 2 is 1.95 bits per heavy atom. The lowest BCUT2D eigenvalue weighted by atomic mass is 9.85. The molecule has 0 saturated heterocycles. The van der Waals surface area contributed by atoms with Crippen LogP contribution in [0.4, 0.5) is 18.9 Å². The first-order chi connectivity index (χ1) is 20.0. The predicted octanol–water partition coefficient (Wildman–Crippen LogP) is 4.57. The van der Waals surface area contributed by atoms with Gasteiger partial charge in [-0.25, -0.2) is 8.91 Å². The van der Waals surface area contributed by atoms with Gasteiger partial charge in [-0.1, -0.05) is 0 Å². The maximum Gasteiger partial charge on any atom is 0.314 e. The highest BCUT2D eigenvalue weighted by atomic mass is 19.3. The van der Waals surface area contributed by atoms with Gasteiger partial charge in [0, 0.05) is 18.2 Å². The molecule has 4 aromatic heterocycles. The zero-order valence-electron chi connectivity index (χ0n) is 22.9. The van der Waals surface area contributed by atoms with E-state index in [9.17, 15) is 28.3 Å². The number of aromatic nitrogens is 5.